The lowest BCUT2D eigenvalue weighted by atomic mass is 9.79. The molecule has 1 aliphatic carbocycles. The van der Waals surface area contributed by atoms with E-state index in [0.717, 1.165) is 0 Å². The molecule has 134 valence electrons. The Morgan fingerprint density at radius 2 is 1.88 bits per heavy atom. The summed E-state index contributed by atoms with van der Waals surface area (Å²) in [6.07, 6.45) is 0.460. The second-order valence-corrected chi connectivity index (χ2v) is 6.69. The molecule has 1 atom stereocenters. The second-order valence-electron chi connectivity index (χ2n) is 6.28. The summed E-state index contributed by atoms with van der Waals surface area (Å²) in [5.41, 5.74) is -0.505. The van der Waals surface area contributed by atoms with E-state index in [1.54, 1.807) is 31.2 Å². The molecule has 6 nitrogen and oxygen atoms in total. The lowest BCUT2D eigenvalue weighted by molar-refractivity contribution is -0.283. The average molecular weight is 366 g/mol. The maximum Gasteiger partial charge on any atom is 0.282 e. The first kappa shape index (κ1) is 17.9. The van der Waals surface area contributed by atoms with Crippen molar-refractivity contribution in [1.82, 2.24) is 5.06 Å². The Morgan fingerprint density at radius 1 is 1.24 bits per heavy atom. The molecule has 0 saturated heterocycles. The van der Waals surface area contributed by atoms with Gasteiger partial charge in [-0.15, -0.1) is 0 Å². The van der Waals surface area contributed by atoms with E-state index in [9.17, 15) is 14.7 Å². The highest BCUT2D eigenvalue weighted by Gasteiger charge is 2.55. The first-order chi connectivity index (χ1) is 11.9. The number of hydroxylamine groups is 2. The maximum atomic E-state index is 13.1. The number of benzene rings is 1. The van der Waals surface area contributed by atoms with Crippen molar-refractivity contribution in [2.75, 3.05) is 7.11 Å². The number of nitrogens with zero attached hydrogens (tertiary/aromatic N) is 1. The monoisotopic (exact) mass is 365 g/mol. The number of hydrogen-bond donors (Lipinski definition) is 1. The van der Waals surface area contributed by atoms with Crippen LogP contribution >= 0.6 is 11.6 Å². The fraction of sp³-hybridized carbons (Fsp3) is 0.444. The molecule has 25 heavy (non-hydrogen) atoms. The maximum absolute atomic E-state index is 13.1. The Kier molecular flexibility index (Phi) is 4.86. The van der Waals surface area contributed by atoms with Crippen molar-refractivity contribution in [1.29, 1.82) is 0 Å². The first-order valence-corrected chi connectivity index (χ1v) is 8.53. The molecule has 1 N–H and O–H groups in total. The van der Waals surface area contributed by atoms with E-state index in [1.807, 2.05) is 0 Å². The molecule has 1 amide bonds. The van der Waals surface area contributed by atoms with Crippen LogP contribution in [0.25, 0.3) is 5.57 Å². The zero-order chi connectivity index (χ0) is 18.2. The Hall–Kier alpha value is -1.89. The zero-order valence-electron chi connectivity index (χ0n) is 14.1. The van der Waals surface area contributed by atoms with Crippen LogP contribution in [-0.4, -0.2) is 40.8 Å². The summed E-state index contributed by atoms with van der Waals surface area (Å²) in [5, 5.41) is 12.5. The van der Waals surface area contributed by atoms with Crippen LogP contribution in [-0.2, 0) is 19.2 Å². The van der Waals surface area contributed by atoms with Crippen molar-refractivity contribution >= 4 is 28.9 Å². The fourth-order valence-electron chi connectivity index (χ4n) is 3.36. The minimum Gasteiger partial charge on any atom is -0.509 e. The quantitative estimate of drug-likeness (QED) is 0.829. The van der Waals surface area contributed by atoms with Crippen LogP contribution in [0.3, 0.4) is 0 Å². The third-order valence-corrected chi connectivity index (χ3v) is 5.16. The van der Waals surface area contributed by atoms with Gasteiger partial charge in [-0.1, -0.05) is 29.8 Å². The number of hydrogen-bond acceptors (Lipinski definition) is 5. The topological polar surface area (TPSA) is 76.1 Å². The van der Waals surface area contributed by atoms with Gasteiger partial charge in [0.15, 0.2) is 6.29 Å². The van der Waals surface area contributed by atoms with Crippen LogP contribution in [0.1, 0.15) is 38.2 Å². The van der Waals surface area contributed by atoms with Crippen molar-refractivity contribution in [2.24, 2.45) is 0 Å². The summed E-state index contributed by atoms with van der Waals surface area (Å²) >= 11 is 6.23. The van der Waals surface area contributed by atoms with Gasteiger partial charge in [0, 0.05) is 30.5 Å². The third kappa shape index (κ3) is 2.94. The summed E-state index contributed by atoms with van der Waals surface area (Å²) in [6, 6.07) is 6.83. The van der Waals surface area contributed by atoms with Crippen LogP contribution in [0, 0.1) is 0 Å². The van der Waals surface area contributed by atoms with Crippen LogP contribution < -0.4 is 0 Å². The molecule has 1 heterocycles. The van der Waals surface area contributed by atoms with E-state index in [-0.39, 0.29) is 30.0 Å². The Labute approximate surface area is 150 Å². The zero-order valence-corrected chi connectivity index (χ0v) is 14.9. The average Bonchev–Trinajstić information content (AvgIpc) is 2.79. The summed E-state index contributed by atoms with van der Waals surface area (Å²) in [6.45, 7) is 1.65. The van der Waals surface area contributed by atoms with Crippen molar-refractivity contribution < 1.29 is 24.3 Å². The molecular formula is C18H20ClNO5. The molecule has 2 aliphatic rings. The highest BCUT2D eigenvalue weighted by atomic mass is 35.5. The smallest absolute Gasteiger partial charge is 0.282 e. The first-order valence-electron chi connectivity index (χ1n) is 8.15. The highest BCUT2D eigenvalue weighted by Crippen LogP contribution is 2.48. The van der Waals surface area contributed by atoms with Gasteiger partial charge in [-0.3, -0.25) is 9.59 Å². The van der Waals surface area contributed by atoms with Crippen molar-refractivity contribution in [3.8, 4) is 0 Å². The summed E-state index contributed by atoms with van der Waals surface area (Å²) in [5.74, 6) is -0.470. The van der Waals surface area contributed by atoms with E-state index >= 15 is 0 Å². The van der Waals surface area contributed by atoms with Gasteiger partial charge in [0.25, 0.3) is 5.91 Å². The highest BCUT2D eigenvalue weighted by molar-refractivity contribution is 6.35. The fourth-order valence-corrected chi connectivity index (χ4v) is 3.59. The summed E-state index contributed by atoms with van der Waals surface area (Å²) < 4.78 is 5.11. The number of rotatable bonds is 4. The van der Waals surface area contributed by atoms with Crippen LogP contribution in [0.15, 0.2) is 30.0 Å². The van der Waals surface area contributed by atoms with Crippen LogP contribution in [0.5, 0.6) is 0 Å². The number of ketones is 1. The van der Waals surface area contributed by atoms with E-state index in [4.69, 9.17) is 21.2 Å². The second kappa shape index (κ2) is 6.78. The molecule has 1 saturated carbocycles. The number of carbonyl (C=O) groups is 2. The van der Waals surface area contributed by atoms with Gasteiger partial charge in [-0.05, 0) is 25.8 Å². The normalized spacial score (nSPS) is 21.3. The molecule has 3 rings (SSSR count). The number of Topliss-reactive ketones (excluding diaryl/α,β-unsaturated/α-hetero) is 1. The number of aliphatic hydroxyl groups is 1. The SMILES string of the molecule is COC(C)ON1C(=O)C(c2ccccc2Cl)=C(O)C12CCC(=O)CC2. The lowest BCUT2D eigenvalue weighted by Crippen LogP contribution is -2.52. The van der Waals surface area contributed by atoms with E-state index < -0.39 is 17.7 Å². The Bertz CT molecular complexity index is 735. The van der Waals surface area contributed by atoms with Gasteiger partial charge < -0.3 is 9.84 Å². The largest absolute Gasteiger partial charge is 0.509 e. The minimum absolute atomic E-state index is 0.0959. The molecule has 7 heteroatoms. The van der Waals surface area contributed by atoms with Crippen molar-refractivity contribution in [2.45, 2.75) is 44.4 Å². The molecule has 0 radical (unpaired) electrons. The van der Waals surface area contributed by atoms with Crippen molar-refractivity contribution in [3.63, 3.8) is 0 Å². The number of methoxy groups -OCH3 is 1. The molecule has 1 aromatic carbocycles. The molecule has 1 unspecified atom stereocenters. The number of ether oxygens (including phenoxy) is 1. The number of aliphatic hydroxyl groups excluding tert-OH is 1. The number of carbonyl (C=O) groups excluding carboxylic acids is 2. The third-order valence-electron chi connectivity index (χ3n) is 4.83. The van der Waals surface area contributed by atoms with Gasteiger partial charge in [-0.2, -0.15) is 0 Å². The standard InChI is InChI=1S/C18H20ClNO5/c1-11(24-2)25-20-17(23)15(13-5-3-4-6-14(13)19)16(22)18(20)9-7-12(21)8-10-18/h3-6,11,22H,7-10H2,1-2H3. The molecule has 0 bridgehead atoms. The summed E-state index contributed by atoms with van der Waals surface area (Å²) in [7, 11) is 1.46. The summed E-state index contributed by atoms with van der Waals surface area (Å²) in [4.78, 5) is 30.4. The van der Waals surface area contributed by atoms with E-state index in [2.05, 4.69) is 0 Å². The van der Waals surface area contributed by atoms with Gasteiger partial charge in [0.1, 0.15) is 17.1 Å². The van der Waals surface area contributed by atoms with Gasteiger partial charge >= 0.3 is 0 Å². The Balaban J connectivity index is 2.09. The molecule has 1 aliphatic heterocycles. The number of halogens is 1. The molecule has 1 fully saturated rings. The van der Waals surface area contributed by atoms with Gasteiger partial charge in [0.05, 0.1) is 5.57 Å². The van der Waals surface area contributed by atoms with E-state index in [0.29, 0.717) is 23.4 Å². The van der Waals surface area contributed by atoms with E-state index in [1.165, 1.54) is 12.2 Å². The van der Waals surface area contributed by atoms with Crippen LogP contribution in [0.2, 0.25) is 5.02 Å². The molecular weight excluding hydrogens is 346 g/mol. The molecule has 0 aromatic heterocycles. The van der Waals surface area contributed by atoms with Gasteiger partial charge in [0.2, 0.25) is 0 Å². The van der Waals surface area contributed by atoms with Crippen molar-refractivity contribution in [3.05, 3.63) is 40.6 Å². The van der Waals surface area contributed by atoms with Crippen LogP contribution in [0.4, 0.5) is 0 Å². The predicted molar refractivity (Wildman–Crippen MR) is 91.6 cm³/mol. The lowest BCUT2D eigenvalue weighted by Gasteiger charge is -2.40. The minimum atomic E-state index is -1.06. The molecule has 1 aromatic rings. The Morgan fingerprint density at radius 3 is 2.48 bits per heavy atom. The predicted octanol–water partition coefficient (Wildman–Crippen LogP) is 3.26. The van der Waals surface area contributed by atoms with Gasteiger partial charge in [-0.25, -0.2) is 9.90 Å². The molecule has 1 spiro atoms. The number of amides is 1.